The van der Waals surface area contributed by atoms with E-state index < -0.39 is 11.7 Å². The standard InChI is InChI=1S/C12H17F2NO2/c1-11(2,3)17-10(16)15-6-12(7-15)4-8(5-12)9(13)14/h4-7H2,1-3H3. The average Bonchev–Trinajstić information content (AvgIpc) is 1.93. The molecule has 2 fully saturated rings. The Kier molecular flexibility index (Phi) is 2.67. The van der Waals surface area contributed by atoms with Gasteiger partial charge in [-0.1, -0.05) is 0 Å². The largest absolute Gasteiger partial charge is 0.444 e. The number of nitrogens with zero attached hydrogens (tertiary/aromatic N) is 1. The van der Waals surface area contributed by atoms with Crippen LogP contribution in [0.15, 0.2) is 11.7 Å². The molecule has 1 spiro atoms. The molecule has 0 unspecified atom stereocenters. The molecule has 0 aromatic carbocycles. The van der Waals surface area contributed by atoms with E-state index in [1.807, 2.05) is 20.8 Å². The number of carbonyl (C=O) groups is 1. The second-order valence-electron chi connectivity index (χ2n) is 6.05. The van der Waals surface area contributed by atoms with Gasteiger partial charge in [0.25, 0.3) is 6.08 Å². The smallest absolute Gasteiger partial charge is 0.410 e. The van der Waals surface area contributed by atoms with Crippen molar-refractivity contribution in [3.63, 3.8) is 0 Å². The van der Waals surface area contributed by atoms with Gasteiger partial charge in [-0.2, -0.15) is 8.78 Å². The molecule has 1 aliphatic carbocycles. The van der Waals surface area contributed by atoms with E-state index in [2.05, 4.69) is 0 Å². The van der Waals surface area contributed by atoms with Gasteiger partial charge in [-0.05, 0) is 39.2 Å². The Bertz CT molecular complexity index is 364. The predicted molar refractivity (Wildman–Crippen MR) is 58.7 cm³/mol. The van der Waals surface area contributed by atoms with Gasteiger partial charge in [-0.3, -0.25) is 0 Å². The lowest BCUT2D eigenvalue weighted by atomic mass is 9.61. The summed E-state index contributed by atoms with van der Waals surface area (Å²) in [5.74, 6) is 0. The molecular formula is C12H17F2NO2. The molecule has 96 valence electrons. The van der Waals surface area contributed by atoms with Gasteiger partial charge in [0.2, 0.25) is 0 Å². The zero-order valence-corrected chi connectivity index (χ0v) is 10.3. The Morgan fingerprint density at radius 3 is 2.24 bits per heavy atom. The number of rotatable bonds is 0. The molecule has 1 heterocycles. The molecule has 5 heteroatoms. The highest BCUT2D eigenvalue weighted by molar-refractivity contribution is 5.69. The van der Waals surface area contributed by atoms with Gasteiger partial charge in [0.15, 0.2) is 0 Å². The van der Waals surface area contributed by atoms with Crippen molar-refractivity contribution < 1.29 is 18.3 Å². The van der Waals surface area contributed by atoms with E-state index >= 15 is 0 Å². The van der Waals surface area contributed by atoms with E-state index in [1.54, 1.807) is 4.90 Å². The SMILES string of the molecule is CC(C)(C)OC(=O)N1CC2(CC(=C(F)F)C2)C1. The van der Waals surface area contributed by atoms with E-state index in [-0.39, 0.29) is 17.1 Å². The fourth-order valence-corrected chi connectivity index (χ4v) is 2.43. The lowest BCUT2D eigenvalue weighted by Gasteiger charge is -2.56. The van der Waals surface area contributed by atoms with E-state index in [0.717, 1.165) is 0 Å². The molecule has 0 N–H and O–H groups in total. The molecule has 0 atom stereocenters. The van der Waals surface area contributed by atoms with Crippen LogP contribution in [-0.4, -0.2) is 29.7 Å². The van der Waals surface area contributed by atoms with Crippen molar-refractivity contribution in [1.82, 2.24) is 4.90 Å². The molecule has 0 radical (unpaired) electrons. The maximum Gasteiger partial charge on any atom is 0.410 e. The monoisotopic (exact) mass is 245 g/mol. The second-order valence-corrected chi connectivity index (χ2v) is 6.05. The number of likely N-dealkylation sites (tertiary alicyclic amines) is 1. The summed E-state index contributed by atoms with van der Waals surface area (Å²) in [6, 6.07) is 0. The van der Waals surface area contributed by atoms with Crippen molar-refractivity contribution in [2.45, 2.75) is 39.2 Å². The number of allylic oxidation sites excluding steroid dienone is 1. The summed E-state index contributed by atoms with van der Waals surface area (Å²) in [7, 11) is 0. The number of halogens is 2. The summed E-state index contributed by atoms with van der Waals surface area (Å²) in [5, 5.41) is 0. The van der Waals surface area contributed by atoms with Crippen molar-refractivity contribution in [1.29, 1.82) is 0 Å². The lowest BCUT2D eigenvalue weighted by Crippen LogP contribution is -2.62. The highest BCUT2D eigenvalue weighted by Gasteiger charge is 2.53. The minimum Gasteiger partial charge on any atom is -0.444 e. The molecule has 1 aliphatic heterocycles. The van der Waals surface area contributed by atoms with Crippen molar-refractivity contribution >= 4 is 6.09 Å². The van der Waals surface area contributed by atoms with E-state index in [4.69, 9.17) is 4.74 Å². The molecule has 1 saturated carbocycles. The molecule has 1 amide bonds. The van der Waals surface area contributed by atoms with E-state index in [9.17, 15) is 13.6 Å². The maximum absolute atomic E-state index is 12.2. The van der Waals surface area contributed by atoms with Crippen LogP contribution in [0.3, 0.4) is 0 Å². The predicted octanol–water partition coefficient (Wildman–Crippen LogP) is 3.17. The molecule has 0 bridgehead atoms. The van der Waals surface area contributed by atoms with Crippen LogP contribution in [0, 0.1) is 5.41 Å². The highest BCUT2D eigenvalue weighted by Crippen LogP contribution is 2.53. The second kappa shape index (κ2) is 3.68. The number of hydrogen-bond acceptors (Lipinski definition) is 2. The van der Waals surface area contributed by atoms with Crippen LogP contribution in [0.2, 0.25) is 0 Å². The number of ether oxygens (including phenoxy) is 1. The summed E-state index contributed by atoms with van der Waals surface area (Å²) in [5.41, 5.74) is -0.348. The summed E-state index contributed by atoms with van der Waals surface area (Å²) >= 11 is 0. The molecule has 2 aliphatic rings. The van der Waals surface area contributed by atoms with Gasteiger partial charge in [0, 0.05) is 18.5 Å². The zero-order chi connectivity index (χ0) is 12.8. The zero-order valence-electron chi connectivity index (χ0n) is 10.3. The number of amides is 1. The fourth-order valence-electron chi connectivity index (χ4n) is 2.43. The fraction of sp³-hybridized carbons (Fsp3) is 0.750. The third kappa shape index (κ3) is 2.42. The first-order chi connectivity index (χ1) is 7.71. The number of carbonyl (C=O) groups excluding carboxylic acids is 1. The van der Waals surface area contributed by atoms with Gasteiger partial charge in [-0.25, -0.2) is 4.79 Å². The van der Waals surface area contributed by atoms with Crippen molar-refractivity contribution in [3.05, 3.63) is 11.7 Å². The van der Waals surface area contributed by atoms with Crippen molar-refractivity contribution in [2.24, 2.45) is 5.41 Å². The number of hydrogen-bond donors (Lipinski definition) is 0. The molecule has 1 saturated heterocycles. The Labute approximate surface area is 99.4 Å². The van der Waals surface area contributed by atoms with Crippen LogP contribution in [-0.2, 0) is 4.74 Å². The van der Waals surface area contributed by atoms with Gasteiger partial charge >= 0.3 is 6.09 Å². The molecule has 2 rings (SSSR count). The van der Waals surface area contributed by atoms with Gasteiger partial charge in [-0.15, -0.1) is 0 Å². The first kappa shape index (κ1) is 12.3. The van der Waals surface area contributed by atoms with Gasteiger partial charge in [0.05, 0.1) is 0 Å². The van der Waals surface area contributed by atoms with Crippen LogP contribution in [0.4, 0.5) is 13.6 Å². The van der Waals surface area contributed by atoms with Crippen LogP contribution < -0.4 is 0 Å². The van der Waals surface area contributed by atoms with Crippen molar-refractivity contribution in [3.8, 4) is 0 Å². The first-order valence-corrected chi connectivity index (χ1v) is 5.72. The lowest BCUT2D eigenvalue weighted by molar-refractivity contribution is -0.0519. The molecule has 0 aromatic heterocycles. The molecule has 3 nitrogen and oxygen atoms in total. The Morgan fingerprint density at radius 1 is 1.29 bits per heavy atom. The molecule has 17 heavy (non-hydrogen) atoms. The summed E-state index contributed by atoms with van der Waals surface area (Å²) in [6.07, 6.45) is -1.05. The summed E-state index contributed by atoms with van der Waals surface area (Å²) in [4.78, 5) is 13.2. The van der Waals surface area contributed by atoms with Crippen LogP contribution >= 0.6 is 0 Å². The quantitative estimate of drug-likeness (QED) is 0.656. The Balaban J connectivity index is 1.81. The summed E-state index contributed by atoms with van der Waals surface area (Å²) < 4.78 is 29.7. The molecular weight excluding hydrogens is 228 g/mol. The third-order valence-electron chi connectivity index (χ3n) is 3.15. The maximum atomic E-state index is 12.2. The summed E-state index contributed by atoms with van der Waals surface area (Å²) in [6.45, 7) is 6.51. The third-order valence-corrected chi connectivity index (χ3v) is 3.15. The Morgan fingerprint density at radius 2 is 1.82 bits per heavy atom. The minimum atomic E-state index is -1.55. The van der Waals surface area contributed by atoms with Gasteiger partial charge in [0.1, 0.15) is 5.60 Å². The van der Waals surface area contributed by atoms with E-state index in [1.165, 1.54) is 0 Å². The average molecular weight is 245 g/mol. The topological polar surface area (TPSA) is 29.5 Å². The van der Waals surface area contributed by atoms with Gasteiger partial charge < -0.3 is 9.64 Å². The van der Waals surface area contributed by atoms with Crippen molar-refractivity contribution in [2.75, 3.05) is 13.1 Å². The van der Waals surface area contributed by atoms with Crippen LogP contribution in [0.25, 0.3) is 0 Å². The van der Waals surface area contributed by atoms with Crippen LogP contribution in [0.1, 0.15) is 33.6 Å². The Hall–Kier alpha value is -1.13. The van der Waals surface area contributed by atoms with Crippen LogP contribution in [0.5, 0.6) is 0 Å². The molecule has 0 aromatic rings. The normalized spacial score (nSPS) is 21.9. The van der Waals surface area contributed by atoms with E-state index in [0.29, 0.717) is 25.9 Å². The highest BCUT2D eigenvalue weighted by atomic mass is 19.3. The minimum absolute atomic E-state index is 0.0876. The first-order valence-electron chi connectivity index (χ1n) is 5.72.